The van der Waals surface area contributed by atoms with E-state index in [1.165, 1.54) is 0 Å². The van der Waals surface area contributed by atoms with E-state index in [2.05, 4.69) is 11.9 Å². The summed E-state index contributed by atoms with van der Waals surface area (Å²) < 4.78 is 0. The van der Waals surface area contributed by atoms with Crippen molar-refractivity contribution in [1.29, 1.82) is 0 Å². The van der Waals surface area contributed by atoms with Gasteiger partial charge in [-0.05, 0) is 13.5 Å². The van der Waals surface area contributed by atoms with E-state index in [0.717, 1.165) is 6.54 Å². The topological polar surface area (TPSA) is 12.0 Å². The highest BCUT2D eigenvalue weighted by Gasteiger charge is 1.64. The Morgan fingerprint density at radius 1 is 1.80 bits per heavy atom. The van der Waals surface area contributed by atoms with Crippen LogP contribution in [0.3, 0.4) is 0 Å². The zero-order chi connectivity index (χ0) is 4.12. The molecule has 0 aliphatic carbocycles. The average molecular weight is 71.1 g/mol. The van der Waals surface area contributed by atoms with Gasteiger partial charge in [0, 0.05) is 0 Å². The number of hydrogen-bond acceptors (Lipinski definition) is 1. The van der Waals surface area contributed by atoms with Crippen LogP contribution >= 0.6 is 0 Å². The lowest BCUT2D eigenvalue weighted by Crippen LogP contribution is -2.04. The van der Waals surface area contributed by atoms with Gasteiger partial charge in [-0.15, -0.1) is 0 Å². The lowest BCUT2D eigenvalue weighted by molar-refractivity contribution is 0.848. The minimum atomic E-state index is 0.983. The summed E-state index contributed by atoms with van der Waals surface area (Å²) in [5.74, 6) is 0. The molecular formula is C4H9N. The maximum absolute atomic E-state index is 2.86. The Bertz CT molecular complexity index is 11.1. The monoisotopic (exact) mass is 71.1 g/mol. The highest BCUT2D eigenvalue weighted by atomic mass is 14.8. The van der Waals surface area contributed by atoms with Crippen molar-refractivity contribution >= 4 is 0 Å². The molecule has 0 atom stereocenters. The third-order valence-electron chi connectivity index (χ3n) is 0.354. The third-order valence-corrected chi connectivity index (χ3v) is 0.354. The van der Waals surface area contributed by atoms with Crippen molar-refractivity contribution < 1.29 is 0 Å². The van der Waals surface area contributed by atoms with Crippen LogP contribution in [0.2, 0.25) is 0 Å². The summed E-state index contributed by atoms with van der Waals surface area (Å²) in [6, 6.07) is 0. The van der Waals surface area contributed by atoms with Crippen LogP contribution in [-0.2, 0) is 0 Å². The molecule has 30 valence electrons. The molecule has 0 spiro atoms. The van der Waals surface area contributed by atoms with E-state index in [-0.39, 0.29) is 0 Å². The van der Waals surface area contributed by atoms with Crippen molar-refractivity contribution in [3.63, 3.8) is 0 Å². The van der Waals surface area contributed by atoms with Gasteiger partial charge in [-0.3, -0.25) is 0 Å². The van der Waals surface area contributed by atoms with Crippen molar-refractivity contribution in [3.8, 4) is 0 Å². The molecule has 0 amide bonds. The fraction of sp³-hybridized carbons (Fsp3) is 0.750. The first-order valence-corrected chi connectivity index (χ1v) is 1.81. The summed E-state index contributed by atoms with van der Waals surface area (Å²) in [7, 11) is 0. The van der Waals surface area contributed by atoms with Crippen molar-refractivity contribution in [3.05, 3.63) is 6.54 Å². The summed E-state index contributed by atoms with van der Waals surface area (Å²) in [4.78, 5) is 0. The van der Waals surface area contributed by atoms with Crippen LogP contribution in [0.1, 0.15) is 13.8 Å². The van der Waals surface area contributed by atoms with Crippen LogP contribution in [0, 0.1) is 6.54 Å². The molecule has 0 fully saturated rings. The van der Waals surface area contributed by atoms with Gasteiger partial charge in [0.2, 0.25) is 0 Å². The molecule has 0 bridgehead atoms. The predicted octanol–water partition coefficient (Wildman–Crippen LogP) is 0.655. The molecule has 0 aromatic rings. The van der Waals surface area contributed by atoms with Crippen LogP contribution in [-0.4, -0.2) is 6.54 Å². The van der Waals surface area contributed by atoms with Crippen LogP contribution in [0.25, 0.3) is 0 Å². The van der Waals surface area contributed by atoms with E-state index in [4.69, 9.17) is 0 Å². The normalized spacial score (nSPS) is 8.40. The van der Waals surface area contributed by atoms with Gasteiger partial charge < -0.3 is 5.32 Å². The first-order chi connectivity index (χ1) is 2.41. The number of hydrogen-bond donors (Lipinski definition) is 1. The van der Waals surface area contributed by atoms with E-state index in [1.54, 1.807) is 0 Å². The maximum Gasteiger partial charge on any atom is 0.0551 e. The molecule has 0 aromatic heterocycles. The molecule has 5 heavy (non-hydrogen) atoms. The number of nitrogens with one attached hydrogen (secondary N) is 1. The molecule has 0 heterocycles. The molecule has 1 N–H and O–H groups in total. The van der Waals surface area contributed by atoms with Gasteiger partial charge in [0.25, 0.3) is 0 Å². The highest BCUT2D eigenvalue weighted by Crippen LogP contribution is 1.56. The fourth-order valence-corrected chi connectivity index (χ4v) is 0.177. The van der Waals surface area contributed by atoms with Crippen LogP contribution < -0.4 is 5.32 Å². The Balaban J connectivity index is 2.19. The second-order valence-corrected chi connectivity index (χ2v) is 0.780. The summed E-state index contributed by atoms with van der Waals surface area (Å²) >= 11 is 0. The van der Waals surface area contributed by atoms with Crippen molar-refractivity contribution in [2.75, 3.05) is 6.54 Å². The van der Waals surface area contributed by atoms with Gasteiger partial charge >= 0.3 is 0 Å². The van der Waals surface area contributed by atoms with E-state index < -0.39 is 0 Å². The largest absolute Gasteiger partial charge is 0.308 e. The van der Waals surface area contributed by atoms with Gasteiger partial charge in [0.15, 0.2) is 0 Å². The second-order valence-electron chi connectivity index (χ2n) is 0.780. The summed E-state index contributed by atoms with van der Waals surface area (Å²) in [6.07, 6.45) is 0. The van der Waals surface area contributed by atoms with Crippen LogP contribution in [0.15, 0.2) is 0 Å². The quantitative estimate of drug-likeness (QED) is 0.471. The van der Waals surface area contributed by atoms with E-state index >= 15 is 0 Å². The Labute approximate surface area is 33.4 Å². The SMILES string of the molecule is C[C]NCC. The van der Waals surface area contributed by atoms with Crippen LogP contribution in [0.4, 0.5) is 0 Å². The fourth-order valence-electron chi connectivity index (χ4n) is 0.177. The van der Waals surface area contributed by atoms with Crippen LogP contribution in [0.5, 0.6) is 0 Å². The molecule has 0 rings (SSSR count). The van der Waals surface area contributed by atoms with Gasteiger partial charge in [-0.1, -0.05) is 6.92 Å². The molecule has 2 radical (unpaired) electrons. The molecule has 0 unspecified atom stereocenters. The van der Waals surface area contributed by atoms with E-state index in [0.29, 0.717) is 0 Å². The first-order valence-electron chi connectivity index (χ1n) is 1.81. The first kappa shape index (κ1) is 4.96. The van der Waals surface area contributed by atoms with Gasteiger partial charge in [0.05, 0.1) is 6.54 Å². The Hall–Kier alpha value is -0.0400. The number of rotatable bonds is 2. The second kappa shape index (κ2) is 3.96. The highest BCUT2D eigenvalue weighted by molar-refractivity contribution is 4.45. The lowest BCUT2D eigenvalue weighted by atomic mass is 10.7. The minimum Gasteiger partial charge on any atom is -0.308 e. The van der Waals surface area contributed by atoms with Crippen molar-refractivity contribution in [2.24, 2.45) is 0 Å². The minimum absolute atomic E-state index is 0.983. The van der Waals surface area contributed by atoms with Crippen molar-refractivity contribution in [2.45, 2.75) is 13.8 Å². The zero-order valence-electron chi connectivity index (χ0n) is 3.71. The summed E-state index contributed by atoms with van der Waals surface area (Å²) in [5.41, 5.74) is 0. The van der Waals surface area contributed by atoms with E-state index in [9.17, 15) is 0 Å². The summed E-state index contributed by atoms with van der Waals surface area (Å²) in [6.45, 7) is 7.64. The molecule has 0 saturated heterocycles. The lowest BCUT2D eigenvalue weighted by Gasteiger charge is -1.84. The molecule has 1 heteroatoms. The molecular weight excluding hydrogens is 62.1 g/mol. The molecule has 0 aromatic carbocycles. The maximum atomic E-state index is 2.86. The predicted molar refractivity (Wildman–Crippen MR) is 22.6 cm³/mol. The van der Waals surface area contributed by atoms with Gasteiger partial charge in [0.1, 0.15) is 0 Å². The Kier molecular flexibility index (Phi) is 3.93. The smallest absolute Gasteiger partial charge is 0.0551 e. The third kappa shape index (κ3) is 3.96. The zero-order valence-corrected chi connectivity index (χ0v) is 3.71. The van der Waals surface area contributed by atoms with E-state index in [1.807, 2.05) is 13.8 Å². The molecule has 1 nitrogen and oxygen atoms in total. The Morgan fingerprint density at radius 2 is 2.40 bits per heavy atom. The Morgan fingerprint density at radius 3 is 2.40 bits per heavy atom. The standard InChI is InChI=1S/C4H9N/c1-3-5-4-2/h5H,3H2,1-2H3. The molecule has 0 saturated carbocycles. The van der Waals surface area contributed by atoms with Gasteiger partial charge in [-0.25, -0.2) is 0 Å². The summed E-state index contributed by atoms with van der Waals surface area (Å²) in [5, 5.41) is 2.86. The molecule has 0 aliphatic rings. The van der Waals surface area contributed by atoms with Crippen molar-refractivity contribution in [1.82, 2.24) is 5.32 Å². The van der Waals surface area contributed by atoms with Gasteiger partial charge in [-0.2, -0.15) is 0 Å². The molecule has 0 aliphatic heterocycles. The average Bonchev–Trinajstić information content (AvgIpc) is 1.41.